The van der Waals surface area contributed by atoms with Gasteiger partial charge in [0.05, 0.1) is 13.2 Å². The second kappa shape index (κ2) is 10.3. The van der Waals surface area contributed by atoms with Crippen LogP contribution in [-0.4, -0.2) is 55.8 Å². The minimum Gasteiger partial charge on any atom is -0.492 e. The first-order valence-electron chi connectivity index (χ1n) is 8.23. The topological polar surface area (TPSA) is 110 Å². The number of hydrogen-bond donors (Lipinski definition) is 0. The van der Waals surface area contributed by atoms with E-state index in [0.717, 1.165) is 32.8 Å². The number of halogens is 1. The van der Waals surface area contributed by atoms with Gasteiger partial charge in [-0.05, 0) is 6.92 Å². The predicted octanol–water partition coefficient (Wildman–Crippen LogP) is 1.33. The van der Waals surface area contributed by atoms with Gasteiger partial charge in [0.1, 0.15) is 34.8 Å². The lowest BCUT2D eigenvalue weighted by Crippen LogP contribution is -2.38. The summed E-state index contributed by atoms with van der Waals surface area (Å²) in [6.45, 7) is 7.45. The molecule has 1 aliphatic heterocycles. The van der Waals surface area contributed by atoms with E-state index in [1.165, 1.54) is 13.0 Å². The monoisotopic (exact) mass is 401 g/mol. The van der Waals surface area contributed by atoms with Gasteiger partial charge in [-0.2, -0.15) is 0 Å². The molecule has 1 saturated heterocycles. The van der Waals surface area contributed by atoms with Crippen LogP contribution < -0.4 is 14.9 Å². The van der Waals surface area contributed by atoms with Crippen molar-refractivity contribution in [2.75, 3.05) is 39.5 Å². The number of morpholine rings is 1. The normalized spacial score (nSPS) is 14.1. The molecule has 0 unspecified atom stereocenters. The molecular weight excluding hydrogens is 378 g/mol. The van der Waals surface area contributed by atoms with Gasteiger partial charge in [0.25, 0.3) is 0 Å². The standard InChI is InChI=1S/C18H21NO6.ClH.H2O/c1-12-9-15(21)18-16(24-12)10-14(11-17(18)25-13(2)20)23-8-5-19-3-6-22-7-4-19;;/h9-11H,3-8H2,1-2H3;1H;1H2. The van der Waals surface area contributed by atoms with Crippen molar-refractivity contribution in [2.24, 2.45) is 0 Å². The Morgan fingerprint density at radius 3 is 2.59 bits per heavy atom. The number of fused-ring (bicyclic) bond motifs is 1. The van der Waals surface area contributed by atoms with Gasteiger partial charge in [-0.1, -0.05) is 0 Å². The van der Waals surface area contributed by atoms with Gasteiger partial charge in [0.15, 0.2) is 5.43 Å². The SMILES string of the molecule is CC(=O)Oc1cc(OCCN2CCOCC2)cc2oc(C)cc(=O)c12.Cl.O. The maximum absolute atomic E-state index is 12.2. The van der Waals surface area contributed by atoms with E-state index in [1.54, 1.807) is 19.1 Å². The van der Waals surface area contributed by atoms with Gasteiger partial charge >= 0.3 is 5.97 Å². The van der Waals surface area contributed by atoms with Crippen LogP contribution in [0.2, 0.25) is 0 Å². The van der Waals surface area contributed by atoms with Crippen molar-refractivity contribution in [1.29, 1.82) is 0 Å². The van der Waals surface area contributed by atoms with Crippen molar-refractivity contribution in [1.82, 2.24) is 4.90 Å². The minimum atomic E-state index is -0.508. The first-order valence-corrected chi connectivity index (χ1v) is 8.23. The van der Waals surface area contributed by atoms with Crippen molar-refractivity contribution in [2.45, 2.75) is 13.8 Å². The van der Waals surface area contributed by atoms with E-state index in [9.17, 15) is 9.59 Å². The van der Waals surface area contributed by atoms with Crippen LogP contribution >= 0.6 is 12.4 Å². The van der Waals surface area contributed by atoms with Crippen LogP contribution in [0.3, 0.4) is 0 Å². The number of ether oxygens (including phenoxy) is 3. The largest absolute Gasteiger partial charge is 0.492 e. The zero-order chi connectivity index (χ0) is 17.8. The highest BCUT2D eigenvalue weighted by Gasteiger charge is 2.15. The summed E-state index contributed by atoms with van der Waals surface area (Å²) >= 11 is 0. The molecule has 0 aliphatic carbocycles. The van der Waals surface area contributed by atoms with Gasteiger partial charge in [0, 0.05) is 44.8 Å². The maximum Gasteiger partial charge on any atom is 0.308 e. The molecule has 2 N–H and O–H groups in total. The molecule has 1 aromatic heterocycles. The zero-order valence-corrected chi connectivity index (χ0v) is 16.1. The average Bonchev–Trinajstić information content (AvgIpc) is 2.54. The van der Waals surface area contributed by atoms with Crippen molar-refractivity contribution in [3.8, 4) is 11.5 Å². The quantitative estimate of drug-likeness (QED) is 0.549. The molecule has 2 aromatic rings. The van der Waals surface area contributed by atoms with Gasteiger partial charge in [0.2, 0.25) is 0 Å². The van der Waals surface area contributed by atoms with Gasteiger partial charge in [-0.3, -0.25) is 14.5 Å². The number of hydrogen-bond acceptors (Lipinski definition) is 7. The first-order chi connectivity index (χ1) is 12.0. The number of carbonyl (C=O) groups is 1. The van der Waals surface area contributed by atoms with Crippen molar-refractivity contribution in [3.63, 3.8) is 0 Å². The highest BCUT2D eigenvalue weighted by molar-refractivity contribution is 5.87. The molecule has 0 atom stereocenters. The fourth-order valence-corrected chi connectivity index (χ4v) is 2.78. The number of carbonyl (C=O) groups excluding carboxylic acids is 1. The Morgan fingerprint density at radius 2 is 1.93 bits per heavy atom. The highest BCUT2D eigenvalue weighted by Crippen LogP contribution is 2.30. The van der Waals surface area contributed by atoms with E-state index < -0.39 is 5.97 Å². The average molecular weight is 402 g/mol. The molecule has 0 spiro atoms. The van der Waals surface area contributed by atoms with Crippen molar-refractivity contribution in [3.05, 3.63) is 34.2 Å². The molecule has 150 valence electrons. The van der Waals surface area contributed by atoms with E-state index in [-0.39, 0.29) is 34.4 Å². The smallest absolute Gasteiger partial charge is 0.308 e. The lowest BCUT2D eigenvalue weighted by atomic mass is 10.2. The molecule has 0 radical (unpaired) electrons. The second-order valence-corrected chi connectivity index (χ2v) is 5.91. The van der Waals surface area contributed by atoms with Gasteiger partial charge in [-0.15, -0.1) is 12.4 Å². The second-order valence-electron chi connectivity index (χ2n) is 5.91. The highest BCUT2D eigenvalue weighted by atomic mass is 35.5. The van der Waals surface area contributed by atoms with Crippen LogP contribution in [0.25, 0.3) is 11.0 Å². The summed E-state index contributed by atoms with van der Waals surface area (Å²) in [4.78, 5) is 25.8. The number of rotatable bonds is 5. The van der Waals surface area contributed by atoms with E-state index >= 15 is 0 Å². The molecule has 1 aliphatic rings. The number of benzene rings is 1. The van der Waals surface area contributed by atoms with Gasteiger partial charge < -0.3 is 24.1 Å². The molecule has 1 fully saturated rings. The number of aryl methyl sites for hydroxylation is 1. The first kappa shape index (κ1) is 22.9. The minimum absolute atomic E-state index is 0. The zero-order valence-electron chi connectivity index (χ0n) is 15.3. The Kier molecular flexibility index (Phi) is 8.71. The molecule has 9 heteroatoms. The van der Waals surface area contributed by atoms with Crippen LogP contribution in [-0.2, 0) is 9.53 Å². The molecule has 8 nitrogen and oxygen atoms in total. The van der Waals surface area contributed by atoms with E-state index in [2.05, 4.69) is 4.90 Å². The fraction of sp³-hybridized carbons (Fsp3) is 0.444. The van der Waals surface area contributed by atoms with Crippen LogP contribution in [0.1, 0.15) is 12.7 Å². The maximum atomic E-state index is 12.2. The van der Waals surface area contributed by atoms with E-state index in [4.69, 9.17) is 18.6 Å². The predicted molar refractivity (Wildman–Crippen MR) is 102 cm³/mol. The Bertz CT molecular complexity index is 830. The number of nitrogens with zero attached hydrogens (tertiary/aromatic N) is 1. The lowest BCUT2D eigenvalue weighted by molar-refractivity contribution is -0.131. The Labute approximate surface area is 162 Å². The summed E-state index contributed by atoms with van der Waals surface area (Å²) in [6, 6.07) is 4.57. The molecular formula is C18H24ClNO7. The molecule has 0 bridgehead atoms. The summed E-state index contributed by atoms with van der Waals surface area (Å²) in [5.74, 6) is 0.620. The van der Waals surface area contributed by atoms with Crippen LogP contribution in [0.4, 0.5) is 0 Å². The summed E-state index contributed by atoms with van der Waals surface area (Å²) in [7, 11) is 0. The van der Waals surface area contributed by atoms with Crippen LogP contribution in [0.5, 0.6) is 11.5 Å². The summed E-state index contributed by atoms with van der Waals surface area (Å²) in [5.41, 5.74) is 0.0833. The third-order valence-electron chi connectivity index (χ3n) is 3.92. The van der Waals surface area contributed by atoms with Gasteiger partial charge in [-0.25, -0.2) is 0 Å². The molecule has 3 rings (SSSR count). The third kappa shape index (κ3) is 5.93. The fourth-order valence-electron chi connectivity index (χ4n) is 2.78. The Morgan fingerprint density at radius 1 is 1.22 bits per heavy atom. The van der Waals surface area contributed by atoms with E-state index in [1.807, 2.05) is 0 Å². The third-order valence-corrected chi connectivity index (χ3v) is 3.92. The summed E-state index contributed by atoms with van der Waals surface area (Å²) < 4.78 is 21.9. The van der Waals surface area contributed by atoms with E-state index in [0.29, 0.717) is 23.7 Å². The lowest BCUT2D eigenvalue weighted by Gasteiger charge is -2.26. The molecule has 0 saturated carbocycles. The molecule has 27 heavy (non-hydrogen) atoms. The van der Waals surface area contributed by atoms with Crippen LogP contribution in [0, 0.1) is 6.92 Å². The molecule has 2 heterocycles. The molecule has 1 aromatic carbocycles. The summed E-state index contributed by atoms with van der Waals surface area (Å²) in [5, 5.41) is 0.237. The van der Waals surface area contributed by atoms with Crippen LogP contribution in [0.15, 0.2) is 27.4 Å². The van der Waals surface area contributed by atoms with Crippen molar-refractivity contribution >= 4 is 29.3 Å². The number of esters is 1. The Balaban J connectivity index is 0.00000182. The summed E-state index contributed by atoms with van der Waals surface area (Å²) in [6.07, 6.45) is 0. The van der Waals surface area contributed by atoms with Crippen molar-refractivity contribution < 1.29 is 28.9 Å². The molecule has 0 amide bonds. The Hall–Kier alpha value is -2.13.